The first-order chi connectivity index (χ1) is 9.67. The highest BCUT2D eigenvalue weighted by Gasteiger charge is 2.18. The van der Waals surface area contributed by atoms with E-state index in [1.807, 2.05) is 24.3 Å². The molecule has 1 aromatic carbocycles. The van der Waals surface area contributed by atoms with Gasteiger partial charge in [-0.25, -0.2) is 4.79 Å². The molecule has 0 saturated carbocycles. The Hall–Kier alpha value is -2.50. The topological polar surface area (TPSA) is 64.8 Å². The number of rotatable bonds is 5. The summed E-state index contributed by atoms with van der Waals surface area (Å²) >= 11 is 0. The van der Waals surface area contributed by atoms with E-state index >= 15 is 0 Å². The summed E-state index contributed by atoms with van der Waals surface area (Å²) < 4.78 is 15.5. The van der Waals surface area contributed by atoms with Gasteiger partial charge in [0.05, 0.1) is 19.4 Å². The van der Waals surface area contributed by atoms with Crippen LogP contribution in [0, 0.1) is 0 Å². The molecular formula is C14H16N2O4. The van der Waals surface area contributed by atoms with Crippen LogP contribution in [0.4, 0.5) is 11.7 Å². The molecule has 0 bridgehead atoms. The Morgan fingerprint density at radius 2 is 2.15 bits per heavy atom. The van der Waals surface area contributed by atoms with Crippen LogP contribution in [0.3, 0.4) is 0 Å². The van der Waals surface area contributed by atoms with Crippen molar-refractivity contribution in [2.24, 2.45) is 0 Å². The van der Waals surface area contributed by atoms with Gasteiger partial charge in [-0.05, 0) is 19.1 Å². The largest absolute Gasteiger partial charge is 0.495 e. The van der Waals surface area contributed by atoms with Gasteiger partial charge in [0.2, 0.25) is 0 Å². The Balaban J connectivity index is 2.25. The van der Waals surface area contributed by atoms with E-state index in [0.29, 0.717) is 12.4 Å². The third kappa shape index (κ3) is 2.74. The van der Waals surface area contributed by atoms with Crippen molar-refractivity contribution in [1.29, 1.82) is 0 Å². The van der Waals surface area contributed by atoms with Crippen LogP contribution in [0.1, 0.15) is 17.4 Å². The van der Waals surface area contributed by atoms with E-state index in [1.54, 1.807) is 26.0 Å². The highest BCUT2D eigenvalue weighted by atomic mass is 16.5. The van der Waals surface area contributed by atoms with E-state index in [-0.39, 0.29) is 11.7 Å². The second-order valence-corrected chi connectivity index (χ2v) is 3.97. The van der Waals surface area contributed by atoms with Crippen LogP contribution in [0.5, 0.6) is 5.75 Å². The molecule has 0 aliphatic rings. The summed E-state index contributed by atoms with van der Waals surface area (Å²) in [6, 6.07) is 7.74. The van der Waals surface area contributed by atoms with Gasteiger partial charge in [0, 0.05) is 7.05 Å². The smallest absolute Gasteiger partial charge is 0.360 e. The maximum absolute atomic E-state index is 11.6. The zero-order valence-corrected chi connectivity index (χ0v) is 11.6. The fourth-order valence-corrected chi connectivity index (χ4v) is 1.73. The van der Waals surface area contributed by atoms with Crippen LogP contribution >= 0.6 is 0 Å². The maximum atomic E-state index is 11.6. The third-order valence-electron chi connectivity index (χ3n) is 2.71. The standard InChI is InChI=1S/C14H16N2O4/c1-4-19-13(17)10-9-20-14(15-10)16(2)11-7-5-6-8-12(11)18-3/h5-9H,4H2,1-3H3. The van der Waals surface area contributed by atoms with E-state index in [0.717, 1.165) is 5.69 Å². The van der Waals surface area contributed by atoms with E-state index in [9.17, 15) is 4.79 Å². The number of nitrogens with zero attached hydrogens (tertiary/aromatic N) is 2. The molecule has 0 amide bonds. The molecule has 0 aliphatic heterocycles. The molecule has 6 heteroatoms. The first-order valence-corrected chi connectivity index (χ1v) is 6.16. The van der Waals surface area contributed by atoms with Crippen molar-refractivity contribution in [1.82, 2.24) is 4.98 Å². The van der Waals surface area contributed by atoms with Crippen LogP contribution in [0.25, 0.3) is 0 Å². The lowest BCUT2D eigenvalue weighted by Crippen LogP contribution is -2.12. The van der Waals surface area contributed by atoms with Crippen LogP contribution < -0.4 is 9.64 Å². The van der Waals surface area contributed by atoms with E-state index in [2.05, 4.69) is 4.98 Å². The van der Waals surface area contributed by atoms with Crippen LogP contribution in [0.15, 0.2) is 34.9 Å². The van der Waals surface area contributed by atoms with Gasteiger partial charge in [-0.15, -0.1) is 0 Å². The number of anilines is 2. The lowest BCUT2D eigenvalue weighted by Gasteiger charge is -2.17. The molecule has 0 aliphatic carbocycles. The molecule has 0 saturated heterocycles. The number of carbonyl (C=O) groups is 1. The number of hydrogen-bond donors (Lipinski definition) is 0. The van der Waals surface area contributed by atoms with Crippen molar-refractivity contribution < 1.29 is 18.7 Å². The monoisotopic (exact) mass is 276 g/mol. The summed E-state index contributed by atoms with van der Waals surface area (Å²) in [7, 11) is 3.37. The molecule has 6 nitrogen and oxygen atoms in total. The first kappa shape index (κ1) is 13.9. The Labute approximate surface area is 116 Å². The Morgan fingerprint density at radius 1 is 1.40 bits per heavy atom. The first-order valence-electron chi connectivity index (χ1n) is 6.16. The van der Waals surface area contributed by atoms with Crippen molar-refractivity contribution in [2.75, 3.05) is 25.7 Å². The summed E-state index contributed by atoms with van der Waals surface area (Å²) in [6.07, 6.45) is 1.28. The zero-order chi connectivity index (χ0) is 14.5. The van der Waals surface area contributed by atoms with Crippen molar-refractivity contribution in [2.45, 2.75) is 6.92 Å². The molecule has 106 valence electrons. The Morgan fingerprint density at radius 3 is 2.85 bits per heavy atom. The lowest BCUT2D eigenvalue weighted by atomic mass is 10.3. The summed E-state index contributed by atoms with van der Waals surface area (Å²) in [6.45, 7) is 2.03. The minimum atomic E-state index is -0.504. The van der Waals surface area contributed by atoms with Gasteiger partial charge in [0.25, 0.3) is 0 Å². The molecule has 0 fully saturated rings. The van der Waals surface area contributed by atoms with Crippen molar-refractivity contribution in [3.8, 4) is 5.75 Å². The number of hydrogen-bond acceptors (Lipinski definition) is 6. The summed E-state index contributed by atoms with van der Waals surface area (Å²) in [4.78, 5) is 17.4. The molecule has 20 heavy (non-hydrogen) atoms. The molecule has 1 aromatic heterocycles. The third-order valence-corrected chi connectivity index (χ3v) is 2.71. The average molecular weight is 276 g/mol. The predicted molar refractivity (Wildman–Crippen MR) is 73.5 cm³/mol. The number of oxazole rings is 1. The quantitative estimate of drug-likeness (QED) is 0.782. The zero-order valence-electron chi connectivity index (χ0n) is 11.6. The van der Waals surface area contributed by atoms with Gasteiger partial charge in [-0.1, -0.05) is 12.1 Å². The number of ether oxygens (including phenoxy) is 2. The molecule has 0 N–H and O–H groups in total. The number of benzene rings is 1. The lowest BCUT2D eigenvalue weighted by molar-refractivity contribution is 0.0519. The van der Waals surface area contributed by atoms with E-state index in [1.165, 1.54) is 6.26 Å². The minimum Gasteiger partial charge on any atom is -0.495 e. The molecule has 1 heterocycles. The van der Waals surface area contributed by atoms with Gasteiger partial charge in [0.15, 0.2) is 5.69 Å². The van der Waals surface area contributed by atoms with Crippen LogP contribution in [-0.4, -0.2) is 31.7 Å². The van der Waals surface area contributed by atoms with Crippen LogP contribution in [0.2, 0.25) is 0 Å². The predicted octanol–water partition coefficient (Wildman–Crippen LogP) is 2.63. The fraction of sp³-hybridized carbons (Fsp3) is 0.286. The molecular weight excluding hydrogens is 260 g/mol. The van der Waals surface area contributed by atoms with Crippen molar-refractivity contribution >= 4 is 17.7 Å². The van der Waals surface area contributed by atoms with Gasteiger partial charge < -0.3 is 13.9 Å². The highest BCUT2D eigenvalue weighted by Crippen LogP contribution is 2.31. The Bertz CT molecular complexity index is 594. The van der Waals surface area contributed by atoms with Crippen LogP contribution in [-0.2, 0) is 4.74 Å². The second kappa shape index (κ2) is 6.10. The average Bonchev–Trinajstić information content (AvgIpc) is 2.96. The van der Waals surface area contributed by atoms with Crippen molar-refractivity contribution in [3.63, 3.8) is 0 Å². The fourth-order valence-electron chi connectivity index (χ4n) is 1.73. The summed E-state index contributed by atoms with van der Waals surface area (Å²) in [5.41, 5.74) is 0.927. The van der Waals surface area contributed by atoms with Gasteiger partial charge in [-0.2, -0.15) is 4.98 Å². The van der Waals surface area contributed by atoms with Gasteiger partial charge in [-0.3, -0.25) is 4.90 Å². The normalized spacial score (nSPS) is 10.2. The molecule has 0 unspecified atom stereocenters. The highest BCUT2D eigenvalue weighted by molar-refractivity contribution is 5.87. The number of para-hydroxylation sites is 2. The SMILES string of the molecule is CCOC(=O)c1coc(N(C)c2ccccc2OC)n1. The van der Waals surface area contributed by atoms with Crippen molar-refractivity contribution in [3.05, 3.63) is 36.2 Å². The van der Waals surface area contributed by atoms with Gasteiger partial charge in [0.1, 0.15) is 12.0 Å². The minimum absolute atomic E-state index is 0.142. The number of carbonyl (C=O) groups excluding carboxylic acids is 1. The number of esters is 1. The molecule has 2 aromatic rings. The molecule has 0 radical (unpaired) electrons. The van der Waals surface area contributed by atoms with E-state index < -0.39 is 5.97 Å². The second-order valence-electron chi connectivity index (χ2n) is 3.97. The summed E-state index contributed by atoms with van der Waals surface area (Å²) in [5, 5.41) is 0. The van der Waals surface area contributed by atoms with Gasteiger partial charge >= 0.3 is 12.0 Å². The summed E-state index contributed by atoms with van der Waals surface area (Å²) in [5.74, 6) is 0.182. The number of aromatic nitrogens is 1. The molecule has 0 atom stereocenters. The molecule has 0 spiro atoms. The maximum Gasteiger partial charge on any atom is 0.360 e. The Kier molecular flexibility index (Phi) is 4.24. The van der Waals surface area contributed by atoms with E-state index in [4.69, 9.17) is 13.9 Å². The molecule has 2 rings (SSSR count). The number of methoxy groups -OCH3 is 1.